The van der Waals surface area contributed by atoms with Crippen molar-refractivity contribution in [3.63, 3.8) is 0 Å². The standard InChI is InChI=1S/C28H40N4O/c1-6-32(26(33)19-30-28-22(4)20(2)27(29)21(3)23(28)5)25-14-17-31(18-15-25)16-10-13-24-11-8-7-9-12-24/h7-13,25,30H,6,14-19,29H2,1-5H3/b13-10+. The van der Waals surface area contributed by atoms with Crippen LogP contribution in [0.4, 0.5) is 11.4 Å². The Morgan fingerprint density at radius 2 is 1.67 bits per heavy atom. The van der Waals surface area contributed by atoms with Gasteiger partial charge in [0.2, 0.25) is 5.91 Å². The van der Waals surface area contributed by atoms with Crippen LogP contribution in [0.5, 0.6) is 0 Å². The van der Waals surface area contributed by atoms with Gasteiger partial charge in [0.1, 0.15) is 0 Å². The maximum atomic E-state index is 13.1. The normalized spacial score (nSPS) is 15.2. The molecule has 0 aromatic heterocycles. The van der Waals surface area contributed by atoms with E-state index in [2.05, 4.69) is 72.3 Å². The highest BCUT2D eigenvalue weighted by Crippen LogP contribution is 2.32. The summed E-state index contributed by atoms with van der Waals surface area (Å²) in [6.45, 7) is 14.4. The average Bonchev–Trinajstić information content (AvgIpc) is 2.83. The summed E-state index contributed by atoms with van der Waals surface area (Å²) in [5.74, 6) is 0.172. The Morgan fingerprint density at radius 3 is 2.24 bits per heavy atom. The number of nitrogens with one attached hydrogen (secondary N) is 1. The van der Waals surface area contributed by atoms with E-state index in [0.717, 1.165) is 72.6 Å². The van der Waals surface area contributed by atoms with Crippen LogP contribution in [0, 0.1) is 27.7 Å². The summed E-state index contributed by atoms with van der Waals surface area (Å²) in [5, 5.41) is 3.43. The first-order valence-corrected chi connectivity index (χ1v) is 12.2. The third kappa shape index (κ3) is 5.97. The van der Waals surface area contributed by atoms with Crippen LogP contribution in [-0.4, -0.2) is 54.5 Å². The molecule has 1 heterocycles. The summed E-state index contributed by atoms with van der Waals surface area (Å²) in [6, 6.07) is 10.7. The molecule has 0 radical (unpaired) electrons. The molecule has 5 heteroatoms. The molecule has 178 valence electrons. The Kier molecular flexibility index (Phi) is 8.56. The zero-order valence-corrected chi connectivity index (χ0v) is 20.9. The van der Waals surface area contributed by atoms with Gasteiger partial charge >= 0.3 is 0 Å². The molecule has 0 atom stereocenters. The number of anilines is 2. The maximum Gasteiger partial charge on any atom is 0.242 e. The second-order valence-electron chi connectivity index (χ2n) is 9.17. The summed E-state index contributed by atoms with van der Waals surface area (Å²) in [4.78, 5) is 17.7. The third-order valence-electron chi connectivity index (χ3n) is 7.23. The van der Waals surface area contributed by atoms with Crippen molar-refractivity contribution < 1.29 is 4.79 Å². The second-order valence-corrected chi connectivity index (χ2v) is 9.17. The average molecular weight is 449 g/mol. The first kappa shape index (κ1) is 24.8. The Bertz CT molecular complexity index is 946. The van der Waals surface area contributed by atoms with Gasteiger partial charge in [0.05, 0.1) is 6.54 Å². The molecule has 2 aromatic carbocycles. The second kappa shape index (κ2) is 11.4. The molecule has 0 bridgehead atoms. The Labute approximate surface area is 199 Å². The van der Waals surface area contributed by atoms with Gasteiger partial charge in [-0.25, -0.2) is 0 Å². The van der Waals surface area contributed by atoms with E-state index < -0.39 is 0 Å². The van der Waals surface area contributed by atoms with E-state index in [-0.39, 0.29) is 5.91 Å². The van der Waals surface area contributed by atoms with Crippen LogP contribution in [0.15, 0.2) is 36.4 Å². The van der Waals surface area contributed by atoms with E-state index in [0.29, 0.717) is 12.6 Å². The molecule has 1 saturated heterocycles. The molecule has 0 aliphatic carbocycles. The van der Waals surface area contributed by atoms with Crippen molar-refractivity contribution in [1.82, 2.24) is 9.80 Å². The van der Waals surface area contributed by atoms with Crippen molar-refractivity contribution in [2.75, 3.05) is 43.8 Å². The molecule has 5 nitrogen and oxygen atoms in total. The molecular formula is C28H40N4O. The van der Waals surface area contributed by atoms with Gasteiger partial charge in [-0.3, -0.25) is 9.69 Å². The fourth-order valence-electron chi connectivity index (χ4n) is 4.83. The third-order valence-corrected chi connectivity index (χ3v) is 7.23. The lowest BCUT2D eigenvalue weighted by molar-refractivity contribution is -0.132. The number of likely N-dealkylation sites (N-methyl/N-ethyl adjacent to an activating group) is 1. The Hall–Kier alpha value is -2.79. The van der Waals surface area contributed by atoms with E-state index in [1.807, 2.05) is 19.9 Å². The van der Waals surface area contributed by atoms with Gasteiger partial charge < -0.3 is 16.0 Å². The minimum absolute atomic E-state index is 0.172. The van der Waals surface area contributed by atoms with Gasteiger partial charge in [0, 0.05) is 43.6 Å². The number of nitrogen functional groups attached to an aromatic ring is 1. The summed E-state index contributed by atoms with van der Waals surface area (Å²) < 4.78 is 0. The van der Waals surface area contributed by atoms with Gasteiger partial charge in [-0.1, -0.05) is 42.5 Å². The van der Waals surface area contributed by atoms with Crippen LogP contribution in [-0.2, 0) is 4.79 Å². The number of nitrogens with zero attached hydrogens (tertiary/aromatic N) is 2. The lowest BCUT2D eigenvalue weighted by Crippen LogP contribution is -2.48. The Morgan fingerprint density at radius 1 is 1.06 bits per heavy atom. The van der Waals surface area contributed by atoms with Crippen molar-refractivity contribution in [3.8, 4) is 0 Å². The number of likely N-dealkylation sites (tertiary alicyclic amines) is 1. The number of hydrogen-bond acceptors (Lipinski definition) is 4. The van der Waals surface area contributed by atoms with Gasteiger partial charge in [-0.05, 0) is 75.3 Å². The maximum absolute atomic E-state index is 13.1. The topological polar surface area (TPSA) is 61.6 Å². The lowest BCUT2D eigenvalue weighted by atomic mass is 9.96. The Balaban J connectivity index is 1.53. The summed E-state index contributed by atoms with van der Waals surface area (Å²) >= 11 is 0. The number of rotatable bonds is 8. The highest BCUT2D eigenvalue weighted by atomic mass is 16.2. The lowest BCUT2D eigenvalue weighted by Gasteiger charge is -2.38. The fraction of sp³-hybridized carbons (Fsp3) is 0.464. The molecule has 1 fully saturated rings. The largest absolute Gasteiger partial charge is 0.398 e. The predicted octanol–water partition coefficient (Wildman–Crippen LogP) is 4.94. The molecule has 3 rings (SSSR count). The van der Waals surface area contributed by atoms with E-state index in [4.69, 9.17) is 5.73 Å². The van der Waals surface area contributed by atoms with E-state index in [9.17, 15) is 4.79 Å². The number of nitrogens with two attached hydrogens (primary N) is 1. The van der Waals surface area contributed by atoms with Gasteiger partial charge in [0.25, 0.3) is 0 Å². The molecule has 1 aliphatic rings. The predicted molar refractivity (Wildman–Crippen MR) is 141 cm³/mol. The van der Waals surface area contributed by atoms with Crippen molar-refractivity contribution in [3.05, 3.63) is 64.2 Å². The molecule has 2 aromatic rings. The van der Waals surface area contributed by atoms with Crippen molar-refractivity contribution >= 4 is 23.4 Å². The minimum atomic E-state index is 0.172. The van der Waals surface area contributed by atoms with Gasteiger partial charge in [0.15, 0.2) is 0 Å². The van der Waals surface area contributed by atoms with Crippen molar-refractivity contribution in [2.24, 2.45) is 0 Å². The highest BCUT2D eigenvalue weighted by molar-refractivity contribution is 5.83. The first-order valence-electron chi connectivity index (χ1n) is 12.2. The number of carbonyl (C=O) groups is 1. The fourth-order valence-corrected chi connectivity index (χ4v) is 4.83. The quantitative estimate of drug-likeness (QED) is 0.562. The van der Waals surface area contributed by atoms with E-state index in [1.54, 1.807) is 0 Å². The monoisotopic (exact) mass is 448 g/mol. The van der Waals surface area contributed by atoms with Crippen molar-refractivity contribution in [2.45, 2.75) is 53.5 Å². The number of carbonyl (C=O) groups excluding carboxylic acids is 1. The van der Waals surface area contributed by atoms with Gasteiger partial charge in [-0.15, -0.1) is 0 Å². The van der Waals surface area contributed by atoms with E-state index in [1.165, 1.54) is 5.56 Å². The van der Waals surface area contributed by atoms with Gasteiger partial charge in [-0.2, -0.15) is 0 Å². The first-order chi connectivity index (χ1) is 15.8. The molecule has 33 heavy (non-hydrogen) atoms. The highest BCUT2D eigenvalue weighted by Gasteiger charge is 2.26. The molecule has 0 spiro atoms. The van der Waals surface area contributed by atoms with Crippen LogP contribution in [0.3, 0.4) is 0 Å². The van der Waals surface area contributed by atoms with Crippen LogP contribution < -0.4 is 11.1 Å². The number of piperidine rings is 1. The zero-order chi connectivity index (χ0) is 24.0. The number of amides is 1. The summed E-state index contributed by atoms with van der Waals surface area (Å²) in [7, 11) is 0. The van der Waals surface area contributed by atoms with Crippen LogP contribution in [0.1, 0.15) is 47.6 Å². The minimum Gasteiger partial charge on any atom is -0.398 e. The van der Waals surface area contributed by atoms with E-state index >= 15 is 0 Å². The SMILES string of the molecule is CCN(C(=O)CNc1c(C)c(C)c(N)c(C)c1C)C1CCN(C/C=C/c2ccccc2)CC1. The molecule has 3 N–H and O–H groups in total. The smallest absolute Gasteiger partial charge is 0.242 e. The summed E-state index contributed by atoms with van der Waals surface area (Å²) in [5.41, 5.74) is 13.8. The number of hydrogen-bond donors (Lipinski definition) is 2. The number of benzene rings is 2. The van der Waals surface area contributed by atoms with Crippen molar-refractivity contribution in [1.29, 1.82) is 0 Å². The van der Waals surface area contributed by atoms with Crippen LogP contribution in [0.2, 0.25) is 0 Å². The molecule has 0 saturated carbocycles. The molecular weight excluding hydrogens is 408 g/mol. The van der Waals surface area contributed by atoms with Crippen LogP contribution in [0.25, 0.3) is 6.08 Å². The molecule has 1 aliphatic heterocycles. The van der Waals surface area contributed by atoms with Crippen LogP contribution >= 0.6 is 0 Å². The molecule has 0 unspecified atom stereocenters. The zero-order valence-electron chi connectivity index (χ0n) is 20.9. The molecule has 1 amide bonds. The summed E-state index contributed by atoms with van der Waals surface area (Å²) in [6.07, 6.45) is 6.47.